The second-order valence-corrected chi connectivity index (χ2v) is 7.03. The van der Waals surface area contributed by atoms with Gasteiger partial charge in [0.15, 0.2) is 0 Å². The van der Waals surface area contributed by atoms with Crippen LogP contribution in [-0.2, 0) is 4.79 Å². The molecule has 0 radical (unpaired) electrons. The summed E-state index contributed by atoms with van der Waals surface area (Å²) in [4.78, 5) is 14.9. The fraction of sp³-hybridized carbons (Fsp3) is 0.938. The molecule has 1 saturated carbocycles. The van der Waals surface area contributed by atoms with E-state index in [0.717, 1.165) is 19.4 Å². The van der Waals surface area contributed by atoms with E-state index in [9.17, 15) is 4.79 Å². The van der Waals surface area contributed by atoms with E-state index in [0.29, 0.717) is 17.9 Å². The van der Waals surface area contributed by atoms with Crippen LogP contribution >= 0.6 is 0 Å². The van der Waals surface area contributed by atoms with Crippen LogP contribution in [0.5, 0.6) is 0 Å². The van der Waals surface area contributed by atoms with Crippen molar-refractivity contribution in [2.75, 3.05) is 19.6 Å². The standard InChI is InChI=1S/C16H31N3O/c1-11-8-12(2)15(17)9-14(11)16(20)18-10-13(3)19-6-4-5-7-19/h11-15H,4-10,17H2,1-3H3,(H,18,20). The van der Waals surface area contributed by atoms with Gasteiger partial charge in [0.25, 0.3) is 0 Å². The van der Waals surface area contributed by atoms with Crippen molar-refractivity contribution in [2.45, 2.75) is 58.5 Å². The van der Waals surface area contributed by atoms with Crippen LogP contribution in [0.3, 0.4) is 0 Å². The van der Waals surface area contributed by atoms with Crippen molar-refractivity contribution in [3.05, 3.63) is 0 Å². The van der Waals surface area contributed by atoms with Crippen LogP contribution in [0, 0.1) is 17.8 Å². The normalized spacial score (nSPS) is 36.8. The summed E-state index contributed by atoms with van der Waals surface area (Å²) in [6.45, 7) is 9.73. The average molecular weight is 281 g/mol. The van der Waals surface area contributed by atoms with Gasteiger partial charge >= 0.3 is 0 Å². The lowest BCUT2D eigenvalue weighted by Crippen LogP contribution is -2.47. The Morgan fingerprint density at radius 2 is 1.90 bits per heavy atom. The molecule has 1 amide bonds. The molecule has 116 valence electrons. The molecule has 1 heterocycles. The minimum Gasteiger partial charge on any atom is -0.354 e. The second kappa shape index (κ2) is 6.90. The molecule has 0 spiro atoms. The van der Waals surface area contributed by atoms with E-state index < -0.39 is 0 Å². The van der Waals surface area contributed by atoms with Gasteiger partial charge in [0.1, 0.15) is 0 Å². The molecular formula is C16H31N3O. The molecule has 2 aliphatic rings. The van der Waals surface area contributed by atoms with Gasteiger partial charge < -0.3 is 11.1 Å². The highest BCUT2D eigenvalue weighted by Gasteiger charge is 2.35. The van der Waals surface area contributed by atoms with E-state index in [4.69, 9.17) is 5.73 Å². The molecule has 2 fully saturated rings. The van der Waals surface area contributed by atoms with Crippen molar-refractivity contribution in [1.82, 2.24) is 10.2 Å². The highest BCUT2D eigenvalue weighted by molar-refractivity contribution is 5.79. The maximum atomic E-state index is 12.4. The van der Waals surface area contributed by atoms with E-state index in [-0.39, 0.29) is 17.9 Å². The molecule has 20 heavy (non-hydrogen) atoms. The van der Waals surface area contributed by atoms with Gasteiger partial charge in [0.2, 0.25) is 5.91 Å². The van der Waals surface area contributed by atoms with Crippen LogP contribution in [0.15, 0.2) is 0 Å². The molecule has 3 N–H and O–H groups in total. The van der Waals surface area contributed by atoms with Crippen molar-refractivity contribution in [3.63, 3.8) is 0 Å². The predicted octanol–water partition coefficient (Wildman–Crippen LogP) is 1.60. The van der Waals surface area contributed by atoms with Crippen LogP contribution in [0.1, 0.15) is 46.5 Å². The average Bonchev–Trinajstić information content (AvgIpc) is 2.94. The largest absolute Gasteiger partial charge is 0.354 e. The number of hydrogen-bond acceptors (Lipinski definition) is 3. The van der Waals surface area contributed by atoms with Crippen LogP contribution in [0.2, 0.25) is 0 Å². The first-order valence-corrected chi connectivity index (χ1v) is 8.26. The number of nitrogens with two attached hydrogens (primary N) is 1. The number of carbonyl (C=O) groups excluding carboxylic acids is 1. The Bertz CT molecular complexity index is 328. The number of nitrogens with zero attached hydrogens (tertiary/aromatic N) is 1. The summed E-state index contributed by atoms with van der Waals surface area (Å²) in [5.74, 6) is 1.31. The topological polar surface area (TPSA) is 58.4 Å². The Balaban J connectivity index is 1.79. The number of rotatable bonds is 4. The zero-order valence-corrected chi connectivity index (χ0v) is 13.3. The predicted molar refractivity (Wildman–Crippen MR) is 82.3 cm³/mol. The summed E-state index contributed by atoms with van der Waals surface area (Å²) in [6.07, 6.45) is 4.50. The van der Waals surface area contributed by atoms with E-state index in [1.54, 1.807) is 0 Å². The first-order valence-electron chi connectivity index (χ1n) is 8.26. The molecule has 1 aliphatic heterocycles. The Labute approximate surface area is 123 Å². The summed E-state index contributed by atoms with van der Waals surface area (Å²) in [5.41, 5.74) is 6.14. The molecule has 0 aromatic carbocycles. The van der Waals surface area contributed by atoms with E-state index in [1.165, 1.54) is 25.9 Å². The third kappa shape index (κ3) is 3.73. The minimum atomic E-state index is 0.104. The molecular weight excluding hydrogens is 250 g/mol. The first kappa shape index (κ1) is 15.8. The maximum Gasteiger partial charge on any atom is 0.223 e. The molecule has 5 unspecified atom stereocenters. The van der Waals surface area contributed by atoms with Gasteiger partial charge in [0, 0.05) is 24.5 Å². The minimum absolute atomic E-state index is 0.104. The van der Waals surface area contributed by atoms with Crippen LogP contribution in [0.25, 0.3) is 0 Å². The summed E-state index contributed by atoms with van der Waals surface area (Å²) in [6, 6.07) is 0.630. The van der Waals surface area contributed by atoms with Gasteiger partial charge in [-0.05, 0) is 57.5 Å². The van der Waals surface area contributed by atoms with Gasteiger partial charge in [0.05, 0.1) is 0 Å². The third-order valence-electron chi connectivity index (χ3n) is 5.36. The van der Waals surface area contributed by atoms with Gasteiger partial charge in [-0.25, -0.2) is 0 Å². The smallest absolute Gasteiger partial charge is 0.223 e. The molecule has 0 aromatic rings. The van der Waals surface area contributed by atoms with E-state index in [2.05, 4.69) is 31.0 Å². The van der Waals surface area contributed by atoms with E-state index in [1.807, 2.05) is 0 Å². The Morgan fingerprint density at radius 1 is 1.25 bits per heavy atom. The van der Waals surface area contributed by atoms with E-state index >= 15 is 0 Å². The van der Waals surface area contributed by atoms with Crippen molar-refractivity contribution in [2.24, 2.45) is 23.5 Å². The lowest BCUT2D eigenvalue weighted by Gasteiger charge is -2.36. The Hall–Kier alpha value is -0.610. The van der Waals surface area contributed by atoms with Crippen LogP contribution < -0.4 is 11.1 Å². The van der Waals surface area contributed by atoms with Crippen LogP contribution in [-0.4, -0.2) is 42.5 Å². The van der Waals surface area contributed by atoms with Crippen molar-refractivity contribution in [1.29, 1.82) is 0 Å². The highest BCUT2D eigenvalue weighted by atomic mass is 16.1. The Kier molecular flexibility index (Phi) is 5.44. The third-order valence-corrected chi connectivity index (χ3v) is 5.36. The van der Waals surface area contributed by atoms with Crippen molar-refractivity contribution in [3.8, 4) is 0 Å². The molecule has 2 rings (SSSR count). The fourth-order valence-corrected chi connectivity index (χ4v) is 3.74. The Morgan fingerprint density at radius 3 is 2.55 bits per heavy atom. The van der Waals surface area contributed by atoms with Crippen LogP contribution in [0.4, 0.5) is 0 Å². The second-order valence-electron chi connectivity index (χ2n) is 7.03. The zero-order chi connectivity index (χ0) is 14.7. The summed E-state index contributed by atoms with van der Waals surface area (Å²) in [7, 11) is 0. The number of carbonyl (C=O) groups is 1. The molecule has 5 atom stereocenters. The van der Waals surface area contributed by atoms with Gasteiger partial charge in [-0.1, -0.05) is 13.8 Å². The summed E-state index contributed by atoms with van der Waals surface area (Å²) < 4.78 is 0. The summed E-state index contributed by atoms with van der Waals surface area (Å²) >= 11 is 0. The lowest BCUT2D eigenvalue weighted by molar-refractivity contribution is -0.128. The van der Waals surface area contributed by atoms with Gasteiger partial charge in [-0.2, -0.15) is 0 Å². The molecule has 0 bridgehead atoms. The van der Waals surface area contributed by atoms with Crippen molar-refractivity contribution >= 4 is 5.91 Å². The van der Waals surface area contributed by atoms with Gasteiger partial charge in [-0.3, -0.25) is 9.69 Å². The molecule has 4 heteroatoms. The SMILES string of the molecule is CC1CC(C)C(C(=O)NCC(C)N2CCCC2)CC1N. The lowest BCUT2D eigenvalue weighted by atomic mass is 9.72. The molecule has 4 nitrogen and oxygen atoms in total. The number of likely N-dealkylation sites (tertiary alicyclic amines) is 1. The number of amides is 1. The highest BCUT2D eigenvalue weighted by Crippen LogP contribution is 2.32. The first-order chi connectivity index (χ1) is 9.49. The fourth-order valence-electron chi connectivity index (χ4n) is 3.74. The van der Waals surface area contributed by atoms with Crippen molar-refractivity contribution < 1.29 is 4.79 Å². The number of hydrogen-bond donors (Lipinski definition) is 2. The van der Waals surface area contributed by atoms with Gasteiger partial charge in [-0.15, -0.1) is 0 Å². The molecule has 1 saturated heterocycles. The monoisotopic (exact) mass is 281 g/mol. The molecule has 1 aliphatic carbocycles. The zero-order valence-electron chi connectivity index (χ0n) is 13.3. The summed E-state index contributed by atoms with van der Waals surface area (Å²) in [5, 5.41) is 3.16. The number of nitrogens with one attached hydrogen (secondary N) is 1. The maximum absolute atomic E-state index is 12.4. The molecule has 0 aromatic heterocycles. The quantitative estimate of drug-likeness (QED) is 0.823.